The van der Waals surface area contributed by atoms with Gasteiger partial charge >= 0.3 is 12.1 Å². The largest absolute Gasteiger partial charge is 0.465 e. The Labute approximate surface area is 129 Å². The first-order valence-corrected chi connectivity index (χ1v) is 6.64. The van der Waals surface area contributed by atoms with Crippen LogP contribution in [0.15, 0.2) is 48.8 Å². The molecule has 0 unspecified atom stereocenters. The Hall–Kier alpha value is -2.83. The van der Waals surface area contributed by atoms with E-state index in [2.05, 4.69) is 9.72 Å². The van der Waals surface area contributed by atoms with Crippen molar-refractivity contribution in [3.8, 4) is 11.3 Å². The number of alkyl halides is 3. The van der Waals surface area contributed by atoms with Crippen molar-refractivity contribution < 1.29 is 22.7 Å². The van der Waals surface area contributed by atoms with Gasteiger partial charge in [0.2, 0.25) is 0 Å². The van der Waals surface area contributed by atoms with Gasteiger partial charge in [-0.2, -0.15) is 13.2 Å². The van der Waals surface area contributed by atoms with Crippen LogP contribution in [0.3, 0.4) is 0 Å². The van der Waals surface area contributed by atoms with Crippen LogP contribution in [0.5, 0.6) is 0 Å². The summed E-state index contributed by atoms with van der Waals surface area (Å²) in [6, 6.07) is 8.61. The lowest BCUT2D eigenvalue weighted by molar-refractivity contribution is -0.136. The normalized spacial score (nSPS) is 11.7. The molecule has 2 heterocycles. The van der Waals surface area contributed by atoms with Crippen LogP contribution in [-0.4, -0.2) is 22.5 Å². The van der Waals surface area contributed by atoms with Crippen LogP contribution < -0.4 is 0 Å². The van der Waals surface area contributed by atoms with Gasteiger partial charge in [-0.05, 0) is 24.3 Å². The van der Waals surface area contributed by atoms with E-state index in [1.807, 2.05) is 0 Å². The zero-order valence-electron chi connectivity index (χ0n) is 12.0. The quantitative estimate of drug-likeness (QED) is 0.675. The highest BCUT2D eigenvalue weighted by molar-refractivity contribution is 5.89. The molecule has 0 N–H and O–H groups in total. The molecule has 1 aromatic carbocycles. The molecule has 7 heteroatoms. The van der Waals surface area contributed by atoms with Gasteiger partial charge in [-0.15, -0.1) is 0 Å². The number of halogens is 3. The summed E-state index contributed by atoms with van der Waals surface area (Å²) in [6.45, 7) is 0. The van der Waals surface area contributed by atoms with Crippen LogP contribution in [0.25, 0.3) is 16.9 Å². The van der Waals surface area contributed by atoms with E-state index in [1.54, 1.807) is 12.1 Å². The number of ether oxygens (including phenoxy) is 1. The van der Waals surface area contributed by atoms with E-state index in [9.17, 15) is 18.0 Å². The molecule has 0 bridgehead atoms. The van der Waals surface area contributed by atoms with Gasteiger partial charge in [0.25, 0.3) is 0 Å². The first kappa shape index (κ1) is 15.1. The third kappa shape index (κ3) is 2.77. The number of aromatic nitrogens is 2. The van der Waals surface area contributed by atoms with Crippen molar-refractivity contribution in [2.45, 2.75) is 6.18 Å². The van der Waals surface area contributed by atoms with Crippen LogP contribution in [0.2, 0.25) is 0 Å². The van der Waals surface area contributed by atoms with Crippen LogP contribution in [0.1, 0.15) is 15.9 Å². The molecule has 0 radical (unpaired) electrons. The second-order valence-electron chi connectivity index (χ2n) is 4.85. The number of carbonyl (C=O) groups excluding carboxylic acids is 1. The minimum atomic E-state index is -4.47. The van der Waals surface area contributed by atoms with Crippen molar-refractivity contribution >= 4 is 11.6 Å². The zero-order valence-corrected chi connectivity index (χ0v) is 12.0. The molecule has 0 amide bonds. The van der Waals surface area contributed by atoms with E-state index in [0.717, 1.165) is 6.07 Å². The van der Waals surface area contributed by atoms with Crippen molar-refractivity contribution in [1.82, 2.24) is 9.38 Å². The standard InChI is InChI=1S/C16H11F3N2O2/c1-23-15(22)11-6-4-10(5-7-11)13-9-21-8-2-3-12(14(21)20-13)16(17,18)19/h2-9H,1H3. The van der Waals surface area contributed by atoms with E-state index in [4.69, 9.17) is 0 Å². The van der Waals surface area contributed by atoms with Crippen LogP contribution in [-0.2, 0) is 10.9 Å². The maximum atomic E-state index is 13.0. The van der Waals surface area contributed by atoms with Crippen LogP contribution in [0.4, 0.5) is 13.2 Å². The zero-order chi connectivity index (χ0) is 16.6. The summed E-state index contributed by atoms with van der Waals surface area (Å²) in [4.78, 5) is 15.5. The number of rotatable bonds is 2. The molecule has 0 saturated heterocycles. The summed E-state index contributed by atoms with van der Waals surface area (Å²) in [7, 11) is 1.27. The molecule has 2 aromatic heterocycles. The maximum Gasteiger partial charge on any atom is 0.419 e. The van der Waals surface area contributed by atoms with E-state index in [1.165, 1.54) is 42.1 Å². The summed E-state index contributed by atoms with van der Waals surface area (Å²) in [5.41, 5.74) is 0.396. The van der Waals surface area contributed by atoms with E-state index in [-0.39, 0.29) is 5.65 Å². The molecular formula is C16H11F3N2O2. The number of carbonyl (C=O) groups is 1. The highest BCUT2D eigenvalue weighted by Crippen LogP contribution is 2.33. The molecule has 0 spiro atoms. The number of methoxy groups -OCH3 is 1. The fourth-order valence-corrected chi connectivity index (χ4v) is 2.27. The maximum absolute atomic E-state index is 13.0. The summed E-state index contributed by atoms with van der Waals surface area (Å²) >= 11 is 0. The predicted molar refractivity (Wildman–Crippen MR) is 77.0 cm³/mol. The van der Waals surface area contributed by atoms with Crippen molar-refractivity contribution in [3.63, 3.8) is 0 Å². The number of imidazole rings is 1. The van der Waals surface area contributed by atoms with Crippen molar-refractivity contribution in [1.29, 1.82) is 0 Å². The van der Waals surface area contributed by atoms with Gasteiger partial charge in [0.15, 0.2) is 0 Å². The Morgan fingerprint density at radius 2 is 1.87 bits per heavy atom. The van der Waals surface area contributed by atoms with Gasteiger partial charge in [0, 0.05) is 18.0 Å². The minimum absolute atomic E-state index is 0.160. The number of hydrogen-bond acceptors (Lipinski definition) is 3. The Morgan fingerprint density at radius 3 is 2.48 bits per heavy atom. The lowest BCUT2D eigenvalue weighted by Crippen LogP contribution is -2.07. The first-order chi connectivity index (χ1) is 10.9. The number of hydrogen-bond donors (Lipinski definition) is 0. The summed E-state index contributed by atoms with van der Waals surface area (Å²) in [6.07, 6.45) is -1.46. The van der Waals surface area contributed by atoms with Crippen LogP contribution in [0, 0.1) is 0 Å². The number of fused-ring (bicyclic) bond motifs is 1. The number of esters is 1. The predicted octanol–water partition coefficient (Wildman–Crippen LogP) is 3.81. The Balaban J connectivity index is 2.06. The third-order valence-corrected chi connectivity index (χ3v) is 3.39. The second kappa shape index (κ2) is 5.42. The molecule has 3 aromatic rings. The van der Waals surface area contributed by atoms with E-state index >= 15 is 0 Å². The molecule has 3 rings (SSSR count). The molecule has 0 aliphatic heterocycles. The molecule has 0 fully saturated rings. The molecule has 0 aliphatic rings. The fourth-order valence-electron chi connectivity index (χ4n) is 2.27. The van der Waals surface area contributed by atoms with Gasteiger partial charge < -0.3 is 9.14 Å². The molecule has 0 aliphatic carbocycles. The van der Waals surface area contributed by atoms with Gasteiger partial charge in [-0.3, -0.25) is 0 Å². The lowest BCUT2D eigenvalue weighted by Gasteiger charge is -2.06. The molecule has 0 saturated carbocycles. The summed E-state index contributed by atoms with van der Waals surface area (Å²) in [5, 5.41) is 0. The van der Waals surface area contributed by atoms with Crippen molar-refractivity contribution in [3.05, 3.63) is 59.9 Å². The smallest absolute Gasteiger partial charge is 0.419 e. The first-order valence-electron chi connectivity index (χ1n) is 6.64. The van der Waals surface area contributed by atoms with E-state index in [0.29, 0.717) is 16.8 Å². The van der Waals surface area contributed by atoms with Gasteiger partial charge in [0.1, 0.15) is 5.65 Å². The molecule has 0 atom stereocenters. The lowest BCUT2D eigenvalue weighted by atomic mass is 10.1. The molecule has 4 nitrogen and oxygen atoms in total. The summed E-state index contributed by atoms with van der Waals surface area (Å²) in [5.74, 6) is -0.481. The molecule has 23 heavy (non-hydrogen) atoms. The number of pyridine rings is 1. The Bertz CT molecular complexity index is 867. The van der Waals surface area contributed by atoms with E-state index < -0.39 is 17.7 Å². The minimum Gasteiger partial charge on any atom is -0.465 e. The highest BCUT2D eigenvalue weighted by atomic mass is 19.4. The average molecular weight is 320 g/mol. The third-order valence-electron chi connectivity index (χ3n) is 3.39. The van der Waals surface area contributed by atoms with Gasteiger partial charge in [-0.25, -0.2) is 9.78 Å². The van der Waals surface area contributed by atoms with Crippen LogP contribution >= 0.6 is 0 Å². The van der Waals surface area contributed by atoms with Gasteiger partial charge in [0.05, 0.1) is 23.9 Å². The Morgan fingerprint density at radius 1 is 1.17 bits per heavy atom. The number of nitrogens with zero attached hydrogens (tertiary/aromatic N) is 2. The topological polar surface area (TPSA) is 43.6 Å². The van der Waals surface area contributed by atoms with Crippen molar-refractivity contribution in [2.24, 2.45) is 0 Å². The molecule has 118 valence electrons. The average Bonchev–Trinajstić information content (AvgIpc) is 2.97. The molecular weight excluding hydrogens is 309 g/mol. The summed E-state index contributed by atoms with van der Waals surface area (Å²) < 4.78 is 44.9. The number of benzene rings is 1. The van der Waals surface area contributed by atoms with Crippen molar-refractivity contribution in [2.75, 3.05) is 7.11 Å². The monoisotopic (exact) mass is 320 g/mol. The highest BCUT2D eigenvalue weighted by Gasteiger charge is 2.33. The van der Waals surface area contributed by atoms with Gasteiger partial charge in [-0.1, -0.05) is 12.1 Å². The Kier molecular flexibility index (Phi) is 3.55. The second-order valence-corrected chi connectivity index (χ2v) is 4.85. The fraction of sp³-hybridized carbons (Fsp3) is 0.125. The SMILES string of the molecule is COC(=O)c1ccc(-c2cn3cccc(C(F)(F)F)c3n2)cc1.